The summed E-state index contributed by atoms with van der Waals surface area (Å²) in [6, 6.07) is 7.80. The summed E-state index contributed by atoms with van der Waals surface area (Å²) in [5.74, 6) is -0.916. The number of hydrogen-bond donors (Lipinski definition) is 1. The Morgan fingerprint density at radius 2 is 2.22 bits per heavy atom. The fourth-order valence-electron chi connectivity index (χ4n) is 1.37. The van der Waals surface area contributed by atoms with Gasteiger partial charge in [-0.25, -0.2) is 4.39 Å². The van der Waals surface area contributed by atoms with Crippen LogP contribution < -0.4 is 5.32 Å². The summed E-state index contributed by atoms with van der Waals surface area (Å²) in [5.41, 5.74) is 0.149. The normalized spacial score (nSPS) is 10.8. The van der Waals surface area contributed by atoms with Crippen LogP contribution in [-0.2, 0) is 4.79 Å². The number of carbonyl (C=O) groups excluding carboxylic acids is 1. The van der Waals surface area contributed by atoms with Crippen molar-refractivity contribution in [1.29, 1.82) is 5.26 Å². The molecule has 0 atom stereocenters. The molecule has 94 valence electrons. The van der Waals surface area contributed by atoms with E-state index in [9.17, 15) is 9.18 Å². The van der Waals surface area contributed by atoms with Crippen molar-refractivity contribution in [2.24, 2.45) is 0 Å². The second-order valence-electron chi connectivity index (χ2n) is 3.80. The molecule has 0 saturated carbocycles. The maximum Gasteiger partial charge on any atom is 0.261 e. The highest BCUT2D eigenvalue weighted by molar-refractivity contribution is 6.01. The Hall–Kier alpha value is -2.15. The molecule has 1 aromatic carbocycles. The first-order chi connectivity index (χ1) is 8.69. The van der Waals surface area contributed by atoms with Gasteiger partial charge in [-0.3, -0.25) is 4.79 Å². The topological polar surface area (TPSA) is 52.9 Å². The quantitative estimate of drug-likeness (QED) is 0.493. The maximum absolute atomic E-state index is 13.4. The summed E-state index contributed by atoms with van der Waals surface area (Å²) in [4.78, 5) is 11.6. The van der Waals surface area contributed by atoms with E-state index < -0.39 is 11.7 Å². The summed E-state index contributed by atoms with van der Waals surface area (Å²) in [5, 5.41) is 11.5. The number of rotatable bonds is 5. The summed E-state index contributed by atoms with van der Waals surface area (Å²) < 4.78 is 13.4. The van der Waals surface area contributed by atoms with E-state index in [2.05, 4.69) is 5.32 Å². The second kappa shape index (κ2) is 7.23. The molecule has 0 aliphatic carbocycles. The molecular formula is C14H15FN2O. The lowest BCUT2D eigenvalue weighted by atomic mass is 10.1. The van der Waals surface area contributed by atoms with Gasteiger partial charge in [0, 0.05) is 12.1 Å². The van der Waals surface area contributed by atoms with Crippen LogP contribution in [0.2, 0.25) is 0 Å². The molecule has 0 radical (unpaired) electrons. The highest BCUT2D eigenvalue weighted by Gasteiger charge is 2.09. The van der Waals surface area contributed by atoms with Crippen molar-refractivity contribution in [2.75, 3.05) is 6.54 Å². The van der Waals surface area contributed by atoms with Crippen molar-refractivity contribution in [2.45, 2.75) is 19.8 Å². The number of carbonyl (C=O) groups is 1. The molecule has 0 spiro atoms. The number of hydrogen-bond acceptors (Lipinski definition) is 2. The van der Waals surface area contributed by atoms with Gasteiger partial charge >= 0.3 is 0 Å². The molecule has 0 aromatic heterocycles. The molecular weight excluding hydrogens is 231 g/mol. The lowest BCUT2D eigenvalue weighted by molar-refractivity contribution is -0.117. The van der Waals surface area contributed by atoms with Crippen LogP contribution in [0.25, 0.3) is 6.08 Å². The van der Waals surface area contributed by atoms with Crippen molar-refractivity contribution in [3.8, 4) is 6.07 Å². The minimum Gasteiger partial charge on any atom is -0.351 e. The number of amides is 1. The smallest absolute Gasteiger partial charge is 0.261 e. The van der Waals surface area contributed by atoms with E-state index in [0.29, 0.717) is 6.54 Å². The molecule has 0 saturated heterocycles. The van der Waals surface area contributed by atoms with Crippen LogP contribution in [0.3, 0.4) is 0 Å². The molecule has 1 aromatic rings. The van der Waals surface area contributed by atoms with Gasteiger partial charge in [-0.1, -0.05) is 31.5 Å². The van der Waals surface area contributed by atoms with Crippen LogP contribution in [0.4, 0.5) is 4.39 Å². The van der Waals surface area contributed by atoms with Crippen LogP contribution in [0, 0.1) is 17.1 Å². The van der Waals surface area contributed by atoms with Crippen molar-refractivity contribution in [3.63, 3.8) is 0 Å². The first-order valence-electron chi connectivity index (χ1n) is 5.83. The second-order valence-corrected chi connectivity index (χ2v) is 3.80. The SMILES string of the molecule is CCCCNC(=O)/C(C#N)=C/c1ccccc1F. The average molecular weight is 246 g/mol. The van der Waals surface area contributed by atoms with E-state index in [1.807, 2.05) is 6.92 Å². The van der Waals surface area contributed by atoms with Gasteiger partial charge in [-0.2, -0.15) is 5.26 Å². The highest BCUT2D eigenvalue weighted by Crippen LogP contribution is 2.11. The van der Waals surface area contributed by atoms with Crippen molar-refractivity contribution < 1.29 is 9.18 Å². The molecule has 4 heteroatoms. The molecule has 1 N–H and O–H groups in total. The van der Waals surface area contributed by atoms with Crippen molar-refractivity contribution >= 4 is 12.0 Å². The van der Waals surface area contributed by atoms with Crippen LogP contribution in [0.15, 0.2) is 29.8 Å². The van der Waals surface area contributed by atoms with E-state index in [-0.39, 0.29) is 11.1 Å². The third-order valence-electron chi connectivity index (χ3n) is 2.39. The Bertz CT molecular complexity index is 489. The lowest BCUT2D eigenvalue weighted by Crippen LogP contribution is -2.25. The minimum absolute atomic E-state index is 0.0868. The standard InChI is InChI=1S/C14H15FN2O/c1-2-3-8-17-14(18)12(10-16)9-11-6-4-5-7-13(11)15/h4-7,9H,2-3,8H2,1H3,(H,17,18)/b12-9+. The van der Waals surface area contributed by atoms with E-state index in [1.165, 1.54) is 18.2 Å². The van der Waals surface area contributed by atoms with Crippen LogP contribution in [0.1, 0.15) is 25.3 Å². The summed E-state index contributed by atoms with van der Waals surface area (Å²) in [6.07, 6.45) is 3.07. The van der Waals surface area contributed by atoms with Crippen LogP contribution in [0.5, 0.6) is 0 Å². The molecule has 0 aliphatic rings. The van der Waals surface area contributed by atoms with E-state index >= 15 is 0 Å². The third-order valence-corrected chi connectivity index (χ3v) is 2.39. The number of nitrogens with zero attached hydrogens (tertiary/aromatic N) is 1. The van der Waals surface area contributed by atoms with Gasteiger partial charge in [-0.05, 0) is 18.6 Å². The Labute approximate surface area is 106 Å². The molecule has 0 aliphatic heterocycles. The molecule has 18 heavy (non-hydrogen) atoms. The number of unbranched alkanes of at least 4 members (excludes halogenated alkanes) is 1. The largest absolute Gasteiger partial charge is 0.351 e. The van der Waals surface area contributed by atoms with Gasteiger partial charge in [0.05, 0.1) is 0 Å². The summed E-state index contributed by atoms with van der Waals surface area (Å²) in [7, 11) is 0. The molecule has 1 rings (SSSR count). The van der Waals surface area contributed by atoms with Gasteiger partial charge in [0.15, 0.2) is 0 Å². The molecule has 0 fully saturated rings. The fourth-order valence-corrected chi connectivity index (χ4v) is 1.37. The zero-order valence-electron chi connectivity index (χ0n) is 10.2. The van der Waals surface area contributed by atoms with Gasteiger partial charge in [0.25, 0.3) is 5.91 Å². The number of nitrogens with one attached hydrogen (secondary N) is 1. The van der Waals surface area contributed by atoms with E-state index in [4.69, 9.17) is 5.26 Å². The van der Waals surface area contributed by atoms with Crippen LogP contribution in [-0.4, -0.2) is 12.5 Å². The molecule has 1 amide bonds. The first-order valence-corrected chi connectivity index (χ1v) is 5.83. The molecule has 3 nitrogen and oxygen atoms in total. The summed E-state index contributed by atoms with van der Waals surface area (Å²) >= 11 is 0. The number of halogens is 1. The Morgan fingerprint density at radius 1 is 1.50 bits per heavy atom. The van der Waals surface area contributed by atoms with Crippen LogP contribution >= 0.6 is 0 Å². The molecule has 0 heterocycles. The number of nitriles is 1. The average Bonchev–Trinajstić information content (AvgIpc) is 2.38. The monoisotopic (exact) mass is 246 g/mol. The van der Waals surface area contributed by atoms with E-state index in [0.717, 1.165) is 12.8 Å². The zero-order valence-corrected chi connectivity index (χ0v) is 10.2. The van der Waals surface area contributed by atoms with Gasteiger partial charge < -0.3 is 5.32 Å². The fraction of sp³-hybridized carbons (Fsp3) is 0.286. The Balaban J connectivity index is 2.81. The predicted octanol–water partition coefficient (Wildman–Crippen LogP) is 2.65. The van der Waals surface area contributed by atoms with E-state index in [1.54, 1.807) is 18.2 Å². The summed E-state index contributed by atoms with van der Waals surface area (Å²) in [6.45, 7) is 2.53. The Morgan fingerprint density at radius 3 is 2.83 bits per heavy atom. The highest BCUT2D eigenvalue weighted by atomic mass is 19.1. The number of benzene rings is 1. The Kier molecular flexibility index (Phi) is 5.59. The molecule has 0 bridgehead atoms. The zero-order chi connectivity index (χ0) is 13.4. The minimum atomic E-state index is -0.464. The van der Waals surface area contributed by atoms with Gasteiger partial charge in [0.1, 0.15) is 17.5 Å². The maximum atomic E-state index is 13.4. The first kappa shape index (κ1) is 13.9. The van der Waals surface area contributed by atoms with Gasteiger partial charge in [0.2, 0.25) is 0 Å². The molecule has 0 unspecified atom stereocenters. The predicted molar refractivity (Wildman–Crippen MR) is 67.9 cm³/mol. The van der Waals surface area contributed by atoms with Crippen molar-refractivity contribution in [1.82, 2.24) is 5.32 Å². The lowest BCUT2D eigenvalue weighted by Gasteiger charge is -2.03. The van der Waals surface area contributed by atoms with Gasteiger partial charge in [-0.15, -0.1) is 0 Å². The van der Waals surface area contributed by atoms with Crippen molar-refractivity contribution in [3.05, 3.63) is 41.2 Å². The third kappa shape index (κ3) is 4.02.